The van der Waals surface area contributed by atoms with Gasteiger partial charge in [0.1, 0.15) is 11.6 Å². The summed E-state index contributed by atoms with van der Waals surface area (Å²) in [5.41, 5.74) is 3.19. The highest BCUT2D eigenvalue weighted by Crippen LogP contribution is 2.41. The van der Waals surface area contributed by atoms with E-state index in [4.69, 9.17) is 14.9 Å². The second-order valence-corrected chi connectivity index (χ2v) is 13.1. The number of Topliss-reactive ketones (excluding diaryl/α,β-unsaturated/α-hetero) is 1. The van der Waals surface area contributed by atoms with Crippen LogP contribution in [0.3, 0.4) is 0 Å². The molecule has 2 aliphatic rings. The normalized spacial score (nSPS) is 17.6. The fraction of sp³-hybridized carbons (Fsp3) is 0.548. The number of aromatic hydroxyl groups is 1. The first-order chi connectivity index (χ1) is 17.6. The Kier molecular flexibility index (Phi) is 7.54. The second kappa shape index (κ2) is 10.3. The monoisotopic (exact) mass is 521 g/mol. The average molecular weight is 522 g/mol. The number of nitrogens with one attached hydrogen (secondary N) is 1. The van der Waals surface area contributed by atoms with Crippen molar-refractivity contribution >= 4 is 11.6 Å². The van der Waals surface area contributed by atoms with Crippen molar-refractivity contribution < 1.29 is 19.4 Å². The highest BCUT2D eigenvalue weighted by atomic mass is 16.5. The van der Waals surface area contributed by atoms with E-state index in [1.807, 2.05) is 65.8 Å². The van der Waals surface area contributed by atoms with Crippen LogP contribution in [0.4, 0.5) is 0 Å². The van der Waals surface area contributed by atoms with Gasteiger partial charge >= 0.3 is 0 Å². The van der Waals surface area contributed by atoms with Crippen molar-refractivity contribution in [3.8, 4) is 17.2 Å². The summed E-state index contributed by atoms with van der Waals surface area (Å²) in [6.45, 7) is 14.9. The van der Waals surface area contributed by atoms with Crippen molar-refractivity contribution in [2.45, 2.75) is 65.3 Å². The molecule has 1 unspecified atom stereocenters. The molecule has 4 rings (SSSR count). The van der Waals surface area contributed by atoms with Crippen LogP contribution >= 0.6 is 0 Å². The van der Waals surface area contributed by atoms with Gasteiger partial charge in [0.05, 0.1) is 19.8 Å². The number of phenols is 1. The largest absolute Gasteiger partial charge is 0.507 e. The fourth-order valence-electron chi connectivity index (χ4n) is 5.04. The lowest BCUT2D eigenvalue weighted by Gasteiger charge is -2.28. The Balaban J connectivity index is 1.53. The maximum Gasteiger partial charge on any atom is 0.182 e. The van der Waals surface area contributed by atoms with Crippen LogP contribution in [0.25, 0.3) is 0 Å². The smallest absolute Gasteiger partial charge is 0.182 e. The molecule has 1 atom stereocenters. The number of rotatable bonds is 6. The van der Waals surface area contributed by atoms with Crippen LogP contribution < -0.4 is 9.47 Å². The third-order valence-corrected chi connectivity index (χ3v) is 7.42. The third kappa shape index (κ3) is 5.83. The van der Waals surface area contributed by atoms with E-state index in [0.717, 1.165) is 35.2 Å². The molecule has 2 aliphatic heterocycles. The molecule has 0 amide bonds. The number of nitrogens with zero attached hydrogens (tertiary/aromatic N) is 2. The van der Waals surface area contributed by atoms with Gasteiger partial charge in [0, 0.05) is 34.7 Å². The lowest BCUT2D eigenvalue weighted by Crippen LogP contribution is -2.30. The van der Waals surface area contributed by atoms with Gasteiger partial charge in [-0.05, 0) is 67.7 Å². The summed E-state index contributed by atoms with van der Waals surface area (Å²) in [5.74, 6) is 2.19. The van der Waals surface area contributed by atoms with Crippen molar-refractivity contribution in [1.29, 1.82) is 5.41 Å². The number of benzene rings is 2. The van der Waals surface area contributed by atoms with E-state index in [2.05, 4.69) is 19.0 Å². The van der Waals surface area contributed by atoms with Crippen LogP contribution in [0.15, 0.2) is 24.3 Å². The van der Waals surface area contributed by atoms with Crippen LogP contribution in [0, 0.1) is 11.3 Å². The molecule has 0 bridgehead atoms. The zero-order valence-corrected chi connectivity index (χ0v) is 24.2. The van der Waals surface area contributed by atoms with Crippen molar-refractivity contribution in [3.05, 3.63) is 52.1 Å². The van der Waals surface area contributed by atoms with Gasteiger partial charge in [-0.3, -0.25) is 10.2 Å². The van der Waals surface area contributed by atoms with Crippen LogP contribution in [-0.2, 0) is 17.4 Å². The lowest BCUT2D eigenvalue weighted by molar-refractivity contribution is 0.0962. The first-order valence-corrected chi connectivity index (χ1v) is 13.5. The number of carbonyl (C=O) groups excluding carboxylic acids is 1. The zero-order chi connectivity index (χ0) is 28.0. The minimum atomic E-state index is -0.319. The van der Waals surface area contributed by atoms with Crippen molar-refractivity contribution in [1.82, 2.24) is 9.80 Å². The Morgan fingerprint density at radius 3 is 2.08 bits per heavy atom. The zero-order valence-electron chi connectivity index (χ0n) is 24.2. The molecule has 0 aromatic heterocycles. The molecule has 7 heteroatoms. The molecule has 2 aromatic carbocycles. The van der Waals surface area contributed by atoms with Gasteiger partial charge in [-0.2, -0.15) is 0 Å². The van der Waals surface area contributed by atoms with Gasteiger partial charge in [-0.25, -0.2) is 0 Å². The average Bonchev–Trinajstić information content (AvgIpc) is 2.97. The van der Waals surface area contributed by atoms with Crippen molar-refractivity contribution in [3.63, 3.8) is 0 Å². The third-order valence-electron chi connectivity index (χ3n) is 7.42. The first-order valence-electron chi connectivity index (χ1n) is 13.5. The number of ether oxygens (including phenoxy) is 2. The SMILES string of the molecule is CN(C)CCC1COc2cc3c(cc2OC1)C(=N)N(CC(=O)c1cc(C(C)(C)C)c(O)c(C(C)(C)C)c1)C3. The van der Waals surface area contributed by atoms with Crippen LogP contribution in [0.1, 0.15) is 80.6 Å². The predicted molar refractivity (Wildman–Crippen MR) is 151 cm³/mol. The molecular formula is C31H43N3O4. The van der Waals surface area contributed by atoms with E-state index in [1.54, 1.807) is 4.90 Å². The highest BCUT2D eigenvalue weighted by Gasteiger charge is 2.32. The van der Waals surface area contributed by atoms with E-state index in [9.17, 15) is 9.90 Å². The molecule has 206 valence electrons. The minimum Gasteiger partial charge on any atom is -0.507 e. The summed E-state index contributed by atoms with van der Waals surface area (Å²) < 4.78 is 12.2. The Morgan fingerprint density at radius 2 is 1.55 bits per heavy atom. The van der Waals surface area contributed by atoms with Crippen LogP contribution in [-0.4, -0.2) is 66.9 Å². The Morgan fingerprint density at radius 1 is 1.00 bits per heavy atom. The van der Waals surface area contributed by atoms with Crippen molar-refractivity contribution in [2.75, 3.05) is 40.4 Å². The topological polar surface area (TPSA) is 86.1 Å². The summed E-state index contributed by atoms with van der Waals surface area (Å²) in [6, 6.07) is 7.49. The van der Waals surface area contributed by atoms with Gasteiger partial charge in [-0.1, -0.05) is 41.5 Å². The summed E-state index contributed by atoms with van der Waals surface area (Å²) in [4.78, 5) is 17.5. The molecule has 7 nitrogen and oxygen atoms in total. The van der Waals surface area contributed by atoms with Crippen LogP contribution in [0.5, 0.6) is 17.2 Å². The maximum atomic E-state index is 13.5. The Hall–Kier alpha value is -3.06. The number of amidine groups is 1. The van der Waals surface area contributed by atoms with E-state index in [1.165, 1.54) is 0 Å². The minimum absolute atomic E-state index is 0.0728. The maximum absolute atomic E-state index is 13.5. The van der Waals surface area contributed by atoms with Gasteiger partial charge in [-0.15, -0.1) is 0 Å². The van der Waals surface area contributed by atoms with E-state index in [0.29, 0.717) is 48.6 Å². The van der Waals surface area contributed by atoms with Gasteiger partial charge < -0.3 is 24.4 Å². The molecule has 2 N–H and O–H groups in total. The molecule has 0 saturated heterocycles. The molecule has 0 radical (unpaired) electrons. The molecular weight excluding hydrogens is 478 g/mol. The molecule has 2 heterocycles. The molecule has 0 spiro atoms. The summed E-state index contributed by atoms with van der Waals surface area (Å²) in [7, 11) is 4.13. The van der Waals surface area contributed by atoms with E-state index >= 15 is 0 Å². The number of phenolic OH excluding ortho intramolecular Hbond substituents is 1. The molecule has 0 fully saturated rings. The summed E-state index contributed by atoms with van der Waals surface area (Å²) >= 11 is 0. The Labute approximate surface area is 227 Å². The number of fused-ring (bicyclic) bond motifs is 2. The molecule has 38 heavy (non-hydrogen) atoms. The molecule has 2 aromatic rings. The number of ketones is 1. The Bertz CT molecular complexity index is 1200. The van der Waals surface area contributed by atoms with Gasteiger partial charge in [0.25, 0.3) is 0 Å². The highest BCUT2D eigenvalue weighted by molar-refractivity contribution is 6.05. The van der Waals surface area contributed by atoms with Crippen molar-refractivity contribution in [2.24, 2.45) is 5.92 Å². The summed E-state index contributed by atoms with van der Waals surface area (Å²) in [5, 5.41) is 19.8. The van der Waals surface area contributed by atoms with Crippen LogP contribution in [0.2, 0.25) is 0 Å². The second-order valence-electron chi connectivity index (χ2n) is 13.1. The summed E-state index contributed by atoms with van der Waals surface area (Å²) in [6.07, 6.45) is 0.998. The standard InChI is InChI=1S/C31H43N3O4/c1-30(2,3)23-11-20(12-24(28(23)36)31(4,5)6)25(35)16-34-15-21-13-26-27(14-22(21)29(34)32)38-18-19(17-37-26)9-10-33(7)8/h11-14,19,32,36H,9-10,15-18H2,1-8H3. The number of hydrogen-bond acceptors (Lipinski definition) is 6. The van der Waals surface area contributed by atoms with E-state index < -0.39 is 0 Å². The fourth-order valence-corrected chi connectivity index (χ4v) is 5.04. The van der Waals surface area contributed by atoms with Gasteiger partial charge in [0.15, 0.2) is 17.3 Å². The predicted octanol–water partition coefficient (Wildman–Crippen LogP) is 5.35. The molecule has 0 saturated carbocycles. The number of carbonyl (C=O) groups is 1. The van der Waals surface area contributed by atoms with E-state index in [-0.39, 0.29) is 28.9 Å². The lowest BCUT2D eigenvalue weighted by atomic mass is 9.78. The quantitative estimate of drug-likeness (QED) is 0.499. The van der Waals surface area contributed by atoms with Gasteiger partial charge in [0.2, 0.25) is 0 Å². The number of hydrogen-bond donors (Lipinski definition) is 2. The molecule has 0 aliphatic carbocycles. The first kappa shape index (κ1) is 28.0.